The van der Waals surface area contributed by atoms with Gasteiger partial charge in [-0.3, -0.25) is 9.36 Å². The van der Waals surface area contributed by atoms with Gasteiger partial charge in [0.25, 0.3) is 5.91 Å². The molecular formula is C14H12N2O2S2. The van der Waals surface area contributed by atoms with E-state index in [9.17, 15) is 9.90 Å². The van der Waals surface area contributed by atoms with Crippen LogP contribution in [-0.2, 0) is 4.79 Å². The van der Waals surface area contributed by atoms with E-state index in [-0.39, 0.29) is 17.8 Å². The van der Waals surface area contributed by atoms with E-state index < -0.39 is 0 Å². The van der Waals surface area contributed by atoms with Crippen molar-refractivity contribution in [3.8, 4) is 5.88 Å². The predicted molar refractivity (Wildman–Crippen MR) is 79.9 cm³/mol. The second-order valence-electron chi connectivity index (χ2n) is 4.79. The highest BCUT2D eigenvalue weighted by Crippen LogP contribution is 2.34. The maximum Gasteiger partial charge on any atom is 0.279 e. The smallest absolute Gasteiger partial charge is 0.279 e. The number of rotatable bonds is 2. The SMILES string of the molecule is CC(C)n1c(O)c(C2=c3ccccc3=NC2=O)sc1=S. The van der Waals surface area contributed by atoms with Crippen LogP contribution in [0.2, 0.25) is 0 Å². The Bertz CT molecular complexity index is 891. The Kier molecular flexibility index (Phi) is 3.07. The standard InChI is InChI=1S/C14H12N2O2S2/c1-7(2)16-13(18)11(20-14(16)19)10-8-5-3-4-6-9(8)15-12(10)17/h3-7,18H,1-2H3. The average molecular weight is 304 g/mol. The lowest BCUT2D eigenvalue weighted by Crippen LogP contribution is -2.22. The van der Waals surface area contributed by atoms with Crippen LogP contribution >= 0.6 is 23.6 Å². The highest BCUT2D eigenvalue weighted by atomic mass is 32.1. The minimum absolute atomic E-state index is 0.0387. The van der Waals surface area contributed by atoms with Gasteiger partial charge >= 0.3 is 0 Å². The first-order valence-corrected chi connectivity index (χ1v) is 7.40. The summed E-state index contributed by atoms with van der Waals surface area (Å²) >= 11 is 6.52. The quantitative estimate of drug-likeness (QED) is 0.863. The van der Waals surface area contributed by atoms with Gasteiger partial charge in [-0.05, 0) is 32.1 Å². The van der Waals surface area contributed by atoms with Crippen LogP contribution in [0.15, 0.2) is 29.3 Å². The van der Waals surface area contributed by atoms with Gasteiger partial charge in [0.2, 0.25) is 5.88 Å². The summed E-state index contributed by atoms with van der Waals surface area (Å²) in [5.74, 6) is -0.279. The van der Waals surface area contributed by atoms with Crippen molar-refractivity contribution in [1.82, 2.24) is 4.57 Å². The molecule has 20 heavy (non-hydrogen) atoms. The second-order valence-corrected chi connectivity index (χ2v) is 6.44. The molecule has 102 valence electrons. The molecule has 1 aliphatic rings. The van der Waals surface area contributed by atoms with Crippen LogP contribution in [0.3, 0.4) is 0 Å². The van der Waals surface area contributed by atoms with E-state index in [4.69, 9.17) is 12.2 Å². The van der Waals surface area contributed by atoms with Crippen molar-refractivity contribution < 1.29 is 9.90 Å². The Balaban J connectivity index is 2.37. The topological polar surface area (TPSA) is 54.6 Å². The van der Waals surface area contributed by atoms with Crippen molar-refractivity contribution in [2.75, 3.05) is 0 Å². The summed E-state index contributed by atoms with van der Waals surface area (Å²) in [6.07, 6.45) is 0. The summed E-state index contributed by atoms with van der Waals surface area (Å²) in [7, 11) is 0. The lowest BCUT2D eigenvalue weighted by atomic mass is 10.1. The summed E-state index contributed by atoms with van der Waals surface area (Å²) in [5.41, 5.74) is 0.439. The van der Waals surface area contributed by atoms with Crippen LogP contribution < -0.4 is 10.6 Å². The number of hydrogen-bond donors (Lipinski definition) is 1. The van der Waals surface area contributed by atoms with Gasteiger partial charge in [0.15, 0.2) is 3.95 Å². The number of thiazole rings is 1. The number of benzene rings is 1. The monoisotopic (exact) mass is 304 g/mol. The van der Waals surface area contributed by atoms with Crippen molar-refractivity contribution in [1.29, 1.82) is 0 Å². The minimum atomic E-state index is -0.325. The predicted octanol–water partition coefficient (Wildman–Crippen LogP) is 1.92. The van der Waals surface area contributed by atoms with E-state index in [1.807, 2.05) is 32.0 Å². The zero-order valence-electron chi connectivity index (χ0n) is 11.0. The number of aromatic nitrogens is 1. The first kappa shape index (κ1) is 13.2. The molecule has 1 aliphatic heterocycles. The molecule has 0 radical (unpaired) electrons. The van der Waals surface area contributed by atoms with E-state index in [2.05, 4.69) is 4.99 Å². The third-order valence-electron chi connectivity index (χ3n) is 3.17. The fourth-order valence-electron chi connectivity index (χ4n) is 2.28. The van der Waals surface area contributed by atoms with Crippen LogP contribution in [0, 0.1) is 3.95 Å². The molecule has 0 atom stereocenters. The van der Waals surface area contributed by atoms with Crippen LogP contribution in [0.25, 0.3) is 5.57 Å². The number of carbonyl (C=O) groups excluding carboxylic acids is 1. The Morgan fingerprint density at radius 1 is 1.35 bits per heavy atom. The van der Waals surface area contributed by atoms with Crippen LogP contribution in [0.1, 0.15) is 24.8 Å². The molecule has 1 amide bonds. The molecule has 3 rings (SSSR count). The Labute approximate surface area is 124 Å². The molecule has 0 fully saturated rings. The van der Waals surface area contributed by atoms with Crippen molar-refractivity contribution in [2.24, 2.45) is 4.99 Å². The lowest BCUT2D eigenvalue weighted by molar-refractivity contribution is -0.112. The molecule has 2 heterocycles. The first-order valence-electron chi connectivity index (χ1n) is 6.17. The Morgan fingerprint density at radius 3 is 2.70 bits per heavy atom. The van der Waals surface area contributed by atoms with Gasteiger partial charge in [0.05, 0.1) is 10.9 Å². The fraction of sp³-hybridized carbons (Fsp3) is 0.214. The minimum Gasteiger partial charge on any atom is -0.493 e. The third-order valence-corrected chi connectivity index (χ3v) is 4.58. The molecular weight excluding hydrogens is 292 g/mol. The summed E-state index contributed by atoms with van der Waals surface area (Å²) in [4.78, 5) is 16.6. The summed E-state index contributed by atoms with van der Waals surface area (Å²) in [5, 5.41) is 11.8. The van der Waals surface area contributed by atoms with Crippen molar-refractivity contribution in [3.05, 3.63) is 43.7 Å². The van der Waals surface area contributed by atoms with E-state index in [1.54, 1.807) is 10.6 Å². The normalized spacial score (nSPS) is 13.8. The molecule has 0 saturated heterocycles. The second kappa shape index (κ2) is 4.64. The average Bonchev–Trinajstić information content (AvgIpc) is 2.85. The third kappa shape index (κ3) is 1.83. The van der Waals surface area contributed by atoms with Crippen LogP contribution in [0.5, 0.6) is 5.88 Å². The van der Waals surface area contributed by atoms with Gasteiger partial charge in [-0.2, -0.15) is 0 Å². The summed E-state index contributed by atoms with van der Waals surface area (Å²) in [6.45, 7) is 3.87. The van der Waals surface area contributed by atoms with Crippen molar-refractivity contribution in [2.45, 2.75) is 19.9 Å². The van der Waals surface area contributed by atoms with Crippen molar-refractivity contribution >= 4 is 35.0 Å². The molecule has 0 aliphatic carbocycles. The number of carbonyl (C=O) groups is 1. The van der Waals surface area contributed by atoms with E-state index >= 15 is 0 Å². The number of nitrogens with zero attached hydrogens (tertiary/aromatic N) is 2. The molecule has 4 nitrogen and oxygen atoms in total. The van der Waals surface area contributed by atoms with E-state index in [1.165, 1.54) is 11.3 Å². The molecule has 0 spiro atoms. The molecule has 2 aromatic rings. The maximum atomic E-state index is 12.1. The van der Waals surface area contributed by atoms with Gasteiger partial charge < -0.3 is 5.11 Å². The highest BCUT2D eigenvalue weighted by Gasteiger charge is 2.25. The molecule has 1 aromatic carbocycles. The Hall–Kier alpha value is -1.79. The number of para-hydroxylation sites is 1. The molecule has 1 aromatic heterocycles. The van der Waals surface area contributed by atoms with Gasteiger partial charge in [-0.1, -0.05) is 18.2 Å². The first-order chi connectivity index (χ1) is 9.50. The van der Waals surface area contributed by atoms with Gasteiger partial charge in [0, 0.05) is 11.3 Å². The number of aromatic hydroxyl groups is 1. The van der Waals surface area contributed by atoms with Gasteiger partial charge in [-0.15, -0.1) is 11.3 Å². The number of hydrogen-bond acceptors (Lipinski definition) is 4. The zero-order valence-corrected chi connectivity index (χ0v) is 12.6. The lowest BCUT2D eigenvalue weighted by Gasteiger charge is -2.08. The van der Waals surface area contributed by atoms with Gasteiger partial charge in [-0.25, -0.2) is 4.99 Å². The number of fused-ring (bicyclic) bond motifs is 1. The molecule has 6 heteroatoms. The zero-order chi connectivity index (χ0) is 14.4. The van der Waals surface area contributed by atoms with Gasteiger partial charge in [0.1, 0.15) is 4.88 Å². The highest BCUT2D eigenvalue weighted by molar-refractivity contribution is 7.73. The summed E-state index contributed by atoms with van der Waals surface area (Å²) < 4.78 is 2.20. The van der Waals surface area contributed by atoms with Crippen molar-refractivity contribution in [3.63, 3.8) is 0 Å². The van der Waals surface area contributed by atoms with E-state index in [0.29, 0.717) is 19.8 Å². The molecule has 0 saturated carbocycles. The Morgan fingerprint density at radius 2 is 2.05 bits per heavy atom. The largest absolute Gasteiger partial charge is 0.493 e. The van der Waals surface area contributed by atoms with E-state index in [0.717, 1.165) is 5.22 Å². The fourth-order valence-corrected chi connectivity index (χ4v) is 3.89. The maximum absolute atomic E-state index is 12.1. The molecule has 1 N–H and O–H groups in total. The molecule has 0 bridgehead atoms. The van der Waals surface area contributed by atoms with Crippen LogP contribution in [-0.4, -0.2) is 15.6 Å². The van der Waals surface area contributed by atoms with Crippen LogP contribution in [0.4, 0.5) is 0 Å². The molecule has 0 unspecified atom stereocenters. The number of amides is 1. The summed E-state index contributed by atoms with van der Waals surface area (Å²) in [6, 6.07) is 7.34.